The fraction of sp³-hybridized carbons (Fsp3) is 0.111. The summed E-state index contributed by atoms with van der Waals surface area (Å²) in [4.78, 5) is 25.0. The molecule has 2 aromatic rings. The maximum Gasteiger partial charge on any atom is 0.293 e. The Labute approximate surface area is 173 Å². The molecule has 1 fully saturated rings. The Morgan fingerprint density at radius 2 is 1.88 bits per heavy atom. The molecule has 1 aliphatic heterocycles. The summed E-state index contributed by atoms with van der Waals surface area (Å²) in [6, 6.07) is 10.8. The number of benzene rings is 2. The van der Waals surface area contributed by atoms with Crippen molar-refractivity contribution in [1.82, 2.24) is 4.90 Å². The van der Waals surface area contributed by atoms with Crippen LogP contribution in [0.15, 0.2) is 45.8 Å². The van der Waals surface area contributed by atoms with E-state index in [-0.39, 0.29) is 11.1 Å². The molecule has 0 radical (unpaired) electrons. The molecule has 1 saturated heterocycles. The normalized spacial score (nSPS) is 15.8. The van der Waals surface area contributed by atoms with Crippen molar-refractivity contribution < 1.29 is 14.3 Å². The van der Waals surface area contributed by atoms with Crippen molar-refractivity contribution >= 4 is 68.1 Å². The number of carbonyl (C=O) groups is 2. The highest BCUT2D eigenvalue weighted by atomic mass is 79.9. The van der Waals surface area contributed by atoms with Gasteiger partial charge in [-0.2, -0.15) is 0 Å². The Hall–Kier alpha value is -1.47. The number of carbonyl (C=O) groups excluding carboxylic acids is 2. The van der Waals surface area contributed by atoms with Crippen LogP contribution in [-0.2, 0) is 11.4 Å². The molecule has 0 atom stereocenters. The smallest absolute Gasteiger partial charge is 0.293 e. The van der Waals surface area contributed by atoms with Gasteiger partial charge in [-0.15, -0.1) is 0 Å². The predicted molar refractivity (Wildman–Crippen MR) is 109 cm³/mol. The summed E-state index contributed by atoms with van der Waals surface area (Å²) in [7, 11) is 1.45. The topological polar surface area (TPSA) is 46.6 Å². The van der Waals surface area contributed by atoms with Crippen LogP contribution in [-0.4, -0.2) is 23.1 Å². The van der Waals surface area contributed by atoms with Crippen LogP contribution in [0.25, 0.3) is 6.08 Å². The van der Waals surface area contributed by atoms with Crippen molar-refractivity contribution in [1.29, 1.82) is 0 Å². The van der Waals surface area contributed by atoms with Crippen molar-refractivity contribution in [3.8, 4) is 5.75 Å². The molecule has 0 aromatic heterocycles. The van der Waals surface area contributed by atoms with Gasteiger partial charge in [0.2, 0.25) is 0 Å². The first-order valence-electron chi connectivity index (χ1n) is 7.43. The van der Waals surface area contributed by atoms with Crippen molar-refractivity contribution in [3.05, 3.63) is 66.9 Å². The van der Waals surface area contributed by atoms with Gasteiger partial charge in [-0.25, -0.2) is 0 Å². The van der Waals surface area contributed by atoms with Gasteiger partial charge in [-0.3, -0.25) is 14.5 Å². The summed E-state index contributed by atoms with van der Waals surface area (Å²) in [5.41, 5.74) is 1.65. The second-order valence-corrected chi connectivity index (χ2v) is 8.16. The zero-order chi connectivity index (χ0) is 18.8. The molecule has 3 rings (SSSR count). The maximum absolute atomic E-state index is 12.0. The third-order valence-corrected chi connectivity index (χ3v) is 5.68. The number of hydrogen-bond acceptors (Lipinski definition) is 4. The average Bonchev–Trinajstić information content (AvgIpc) is 2.83. The van der Waals surface area contributed by atoms with Gasteiger partial charge in [-0.1, -0.05) is 35.3 Å². The SMILES string of the molecule is CN1C(=O)S/C(=C\c2cc(Cl)c(OCc3ccc(Cl)cc3)c(Br)c2)C1=O. The Morgan fingerprint density at radius 3 is 2.46 bits per heavy atom. The van der Waals surface area contributed by atoms with Gasteiger partial charge >= 0.3 is 0 Å². The van der Waals surface area contributed by atoms with Gasteiger partial charge in [0, 0.05) is 12.1 Å². The number of nitrogens with zero attached hydrogens (tertiary/aromatic N) is 1. The predicted octanol–water partition coefficient (Wildman–Crippen LogP) is 6.00. The third-order valence-electron chi connectivity index (χ3n) is 3.60. The molecule has 0 unspecified atom stereocenters. The van der Waals surface area contributed by atoms with Gasteiger partial charge in [-0.05, 0) is 69.2 Å². The van der Waals surface area contributed by atoms with Gasteiger partial charge in [0.25, 0.3) is 11.1 Å². The van der Waals surface area contributed by atoms with Crippen molar-refractivity contribution in [2.45, 2.75) is 6.61 Å². The fourth-order valence-corrected chi connectivity index (χ4v) is 4.18. The van der Waals surface area contributed by atoms with E-state index in [0.29, 0.717) is 37.3 Å². The van der Waals surface area contributed by atoms with E-state index < -0.39 is 0 Å². The van der Waals surface area contributed by atoms with Crippen molar-refractivity contribution in [3.63, 3.8) is 0 Å². The molecule has 0 saturated carbocycles. The van der Waals surface area contributed by atoms with Crippen LogP contribution < -0.4 is 4.74 Å². The number of thioether (sulfide) groups is 1. The molecule has 0 spiro atoms. The highest BCUT2D eigenvalue weighted by Crippen LogP contribution is 2.37. The van der Waals surface area contributed by atoms with E-state index in [2.05, 4.69) is 15.9 Å². The van der Waals surface area contributed by atoms with Crippen molar-refractivity contribution in [2.75, 3.05) is 7.05 Å². The lowest BCUT2D eigenvalue weighted by Crippen LogP contribution is -2.22. The first kappa shape index (κ1) is 19.3. The molecule has 0 N–H and O–H groups in total. The monoisotopic (exact) mass is 471 g/mol. The van der Waals surface area contributed by atoms with Crippen molar-refractivity contribution in [2.24, 2.45) is 0 Å². The number of ether oxygens (including phenoxy) is 1. The van der Waals surface area contributed by atoms with Gasteiger partial charge in [0.05, 0.1) is 14.4 Å². The van der Waals surface area contributed by atoms with Crippen LogP contribution in [0.5, 0.6) is 5.75 Å². The number of hydrogen-bond donors (Lipinski definition) is 0. The molecule has 2 amide bonds. The summed E-state index contributed by atoms with van der Waals surface area (Å²) in [5.74, 6) is 0.178. The second-order valence-electron chi connectivity index (χ2n) is 5.47. The minimum Gasteiger partial charge on any atom is -0.486 e. The summed E-state index contributed by atoms with van der Waals surface area (Å²) in [6.45, 7) is 0.337. The molecule has 8 heteroatoms. The number of imide groups is 1. The van der Waals surface area contributed by atoms with Gasteiger partial charge in [0.1, 0.15) is 6.61 Å². The average molecular weight is 473 g/mol. The van der Waals surface area contributed by atoms with Crippen LogP contribution in [0.2, 0.25) is 10.0 Å². The Morgan fingerprint density at radius 1 is 1.19 bits per heavy atom. The third kappa shape index (κ3) is 4.26. The van der Waals surface area contributed by atoms with Crippen LogP contribution in [0.3, 0.4) is 0 Å². The van der Waals surface area contributed by atoms with Gasteiger partial charge < -0.3 is 4.74 Å². The zero-order valence-electron chi connectivity index (χ0n) is 13.5. The molecule has 0 aliphatic carbocycles. The van der Waals surface area contributed by atoms with Crippen LogP contribution in [0.4, 0.5) is 4.79 Å². The Kier molecular flexibility index (Phi) is 5.97. The number of likely N-dealkylation sites (N-methyl/N-ethyl adjacent to an activating group) is 1. The van der Waals surface area contributed by atoms with Crippen LogP contribution >= 0.6 is 50.9 Å². The summed E-state index contributed by atoms with van der Waals surface area (Å²) in [5, 5.41) is 0.762. The maximum atomic E-state index is 12.0. The molecule has 4 nitrogen and oxygen atoms in total. The summed E-state index contributed by atoms with van der Waals surface area (Å²) < 4.78 is 6.45. The van der Waals surface area contributed by atoms with E-state index in [1.807, 2.05) is 12.1 Å². The quantitative estimate of drug-likeness (QED) is 0.512. The first-order chi connectivity index (χ1) is 12.3. The second kappa shape index (κ2) is 8.05. The Balaban J connectivity index is 1.79. The molecule has 0 bridgehead atoms. The van der Waals surface area contributed by atoms with E-state index in [1.165, 1.54) is 7.05 Å². The highest BCUT2D eigenvalue weighted by molar-refractivity contribution is 9.10. The molecule has 26 heavy (non-hydrogen) atoms. The molecular formula is C18H12BrCl2NO3S. The molecule has 1 aliphatic rings. The summed E-state index contributed by atoms with van der Waals surface area (Å²) >= 11 is 16.5. The van der Waals surface area contributed by atoms with Crippen LogP contribution in [0, 0.1) is 0 Å². The van der Waals surface area contributed by atoms with Crippen LogP contribution in [0.1, 0.15) is 11.1 Å². The van der Waals surface area contributed by atoms with Gasteiger partial charge in [0.15, 0.2) is 5.75 Å². The Bertz CT molecular complexity index is 892. The lowest BCUT2D eigenvalue weighted by Gasteiger charge is -2.11. The first-order valence-corrected chi connectivity index (χ1v) is 9.79. The van der Waals surface area contributed by atoms with E-state index >= 15 is 0 Å². The molecule has 1 heterocycles. The highest BCUT2D eigenvalue weighted by Gasteiger charge is 2.31. The fourth-order valence-electron chi connectivity index (χ4n) is 2.23. The van der Waals surface area contributed by atoms with E-state index in [4.69, 9.17) is 27.9 Å². The standard InChI is InChI=1S/C18H12BrCl2NO3S/c1-22-17(23)15(26-18(22)24)8-11-6-13(19)16(14(21)7-11)25-9-10-2-4-12(20)5-3-10/h2-8H,9H2,1H3/b15-8-. The van der Waals surface area contributed by atoms with E-state index in [9.17, 15) is 9.59 Å². The lowest BCUT2D eigenvalue weighted by molar-refractivity contribution is -0.121. The molecule has 2 aromatic carbocycles. The largest absolute Gasteiger partial charge is 0.486 e. The number of amides is 2. The van der Waals surface area contributed by atoms with E-state index in [1.54, 1.807) is 30.3 Å². The number of rotatable bonds is 4. The lowest BCUT2D eigenvalue weighted by atomic mass is 10.2. The van der Waals surface area contributed by atoms with E-state index in [0.717, 1.165) is 22.2 Å². The number of halogens is 3. The zero-order valence-corrected chi connectivity index (χ0v) is 17.4. The minimum atomic E-state index is -0.324. The minimum absolute atomic E-state index is 0.297. The molecule has 134 valence electrons. The summed E-state index contributed by atoms with van der Waals surface area (Å²) in [6.07, 6.45) is 1.63. The molecular weight excluding hydrogens is 461 g/mol.